The molecular weight excluding hydrogens is 465 g/mol. The third-order valence-corrected chi connectivity index (χ3v) is 5.23. The minimum Gasteiger partial charge on any atom is -1.00 e. The SMILES string of the molecule is CC(=O)N[C@@H]1[C@@H](OC(C)=O)[C@H](OC(C)=O)[C@@H](COC(C)=O)O[C@@H]1[Se]C(N)=[NH2+].[Cl-]. The standard InChI is InChI=1S/C15H23N3O8Se.ClH/c1-6(19)18-11-13(25-9(4)22)12(24-8(3)21)10(5-23-7(2)20)26-14(11)27-15(16)17;/h10-14H,5H2,1-4H3,(H3,16,17)(H,18,19);1H/t10-,11-,12-,13-,14-;/m1./s1. The zero-order valence-corrected chi connectivity index (χ0v) is 18.3. The molecule has 1 amide bonds. The molecule has 0 unspecified atom stereocenters. The molecule has 0 aromatic rings. The molecule has 1 aliphatic rings. The molecule has 1 saturated heterocycles. The monoisotopic (exact) mass is 489 g/mol. The third-order valence-electron chi connectivity index (χ3n) is 3.32. The topological polar surface area (TPSA) is 169 Å². The van der Waals surface area contributed by atoms with E-state index in [9.17, 15) is 19.2 Å². The van der Waals surface area contributed by atoms with E-state index < -0.39 is 68.1 Å². The van der Waals surface area contributed by atoms with Gasteiger partial charge < -0.3 is 12.4 Å². The van der Waals surface area contributed by atoms with Crippen molar-refractivity contribution in [2.75, 3.05) is 6.61 Å². The minimum atomic E-state index is -1.12. The number of nitrogens with two attached hydrogens (primary N) is 2. The first-order chi connectivity index (χ1) is 12.5. The number of amides is 1. The molecule has 28 heavy (non-hydrogen) atoms. The second kappa shape index (κ2) is 11.8. The van der Waals surface area contributed by atoms with Gasteiger partial charge in [-0.05, 0) is 0 Å². The molecule has 160 valence electrons. The number of hydrogen-bond donors (Lipinski definition) is 3. The number of amidine groups is 1. The molecule has 1 fully saturated rings. The van der Waals surface area contributed by atoms with Crippen molar-refractivity contribution >= 4 is 43.5 Å². The van der Waals surface area contributed by atoms with E-state index in [1.165, 1.54) is 27.7 Å². The largest absolute Gasteiger partial charge is 1.00 e. The number of carbonyl (C=O) groups is 4. The molecule has 11 nitrogen and oxygen atoms in total. The molecule has 1 rings (SSSR count). The normalized spacial score (nSPS) is 26.2. The van der Waals surface area contributed by atoms with Crippen molar-refractivity contribution in [3.05, 3.63) is 0 Å². The van der Waals surface area contributed by atoms with E-state index in [1.807, 2.05) is 0 Å². The Labute approximate surface area is 174 Å². The van der Waals surface area contributed by atoms with Gasteiger partial charge in [0.25, 0.3) is 0 Å². The zero-order valence-electron chi connectivity index (χ0n) is 15.8. The van der Waals surface area contributed by atoms with Gasteiger partial charge in [-0.2, -0.15) is 0 Å². The summed E-state index contributed by atoms with van der Waals surface area (Å²) in [5.74, 6) is -2.31. The summed E-state index contributed by atoms with van der Waals surface area (Å²) in [5.41, 5.74) is 5.60. The molecule has 0 aromatic heterocycles. The zero-order chi connectivity index (χ0) is 20.7. The maximum absolute atomic E-state index is 11.7. The first kappa shape index (κ1) is 26.1. The van der Waals surface area contributed by atoms with E-state index in [-0.39, 0.29) is 23.7 Å². The second-order valence-corrected chi connectivity index (χ2v) is 8.20. The second-order valence-electron chi connectivity index (χ2n) is 5.74. The van der Waals surface area contributed by atoms with Gasteiger partial charge in [0.15, 0.2) is 0 Å². The van der Waals surface area contributed by atoms with Crippen LogP contribution in [0.4, 0.5) is 0 Å². The molecule has 5 N–H and O–H groups in total. The Bertz CT molecular complexity index is 620. The fourth-order valence-electron chi connectivity index (χ4n) is 2.53. The van der Waals surface area contributed by atoms with Gasteiger partial charge in [0.05, 0.1) is 0 Å². The van der Waals surface area contributed by atoms with E-state index in [0.29, 0.717) is 0 Å². The minimum absolute atomic E-state index is 0. The number of carbonyl (C=O) groups excluding carboxylic acids is 4. The van der Waals surface area contributed by atoms with Crippen molar-refractivity contribution in [1.29, 1.82) is 0 Å². The van der Waals surface area contributed by atoms with Crippen LogP contribution in [0.3, 0.4) is 0 Å². The van der Waals surface area contributed by atoms with Gasteiger partial charge in [0.2, 0.25) is 0 Å². The van der Waals surface area contributed by atoms with Gasteiger partial charge in [-0.3, -0.25) is 0 Å². The van der Waals surface area contributed by atoms with Crippen LogP contribution in [-0.4, -0.2) is 79.5 Å². The maximum atomic E-state index is 11.7. The van der Waals surface area contributed by atoms with Crippen LogP contribution in [0.25, 0.3) is 0 Å². The molecule has 0 radical (unpaired) electrons. The van der Waals surface area contributed by atoms with Crippen molar-refractivity contribution in [2.24, 2.45) is 5.73 Å². The number of rotatable bonds is 7. The molecule has 13 heteroatoms. The average Bonchev–Trinajstić information content (AvgIpc) is 2.49. The predicted molar refractivity (Wildman–Crippen MR) is 90.9 cm³/mol. The van der Waals surface area contributed by atoms with Gasteiger partial charge in [-0.1, -0.05) is 0 Å². The molecule has 0 aliphatic carbocycles. The van der Waals surface area contributed by atoms with Crippen LogP contribution in [0.15, 0.2) is 0 Å². The summed E-state index contributed by atoms with van der Waals surface area (Å²) in [4.78, 5) is 46.0. The van der Waals surface area contributed by atoms with Gasteiger partial charge >= 0.3 is 162 Å². The van der Waals surface area contributed by atoms with E-state index in [0.717, 1.165) is 0 Å². The molecule has 0 bridgehead atoms. The Morgan fingerprint density at radius 2 is 1.57 bits per heavy atom. The Morgan fingerprint density at radius 3 is 2.00 bits per heavy atom. The van der Waals surface area contributed by atoms with E-state index in [1.54, 1.807) is 0 Å². The van der Waals surface area contributed by atoms with Crippen LogP contribution in [0, 0.1) is 0 Å². The number of nitrogens with one attached hydrogen (secondary N) is 1. The quantitative estimate of drug-likeness (QED) is 0.104. The van der Waals surface area contributed by atoms with Crippen molar-refractivity contribution in [2.45, 2.75) is 57.1 Å². The number of halogens is 1. The van der Waals surface area contributed by atoms with Gasteiger partial charge in [0.1, 0.15) is 0 Å². The first-order valence-electron chi connectivity index (χ1n) is 7.96. The third kappa shape index (κ3) is 8.42. The van der Waals surface area contributed by atoms with E-state index in [4.69, 9.17) is 30.1 Å². The Morgan fingerprint density at radius 1 is 1.04 bits per heavy atom. The summed E-state index contributed by atoms with van der Waals surface area (Å²) in [7, 11) is 0. The van der Waals surface area contributed by atoms with E-state index in [2.05, 4.69) is 5.32 Å². The molecule has 1 aliphatic heterocycles. The van der Waals surface area contributed by atoms with Crippen molar-refractivity contribution < 1.29 is 55.9 Å². The van der Waals surface area contributed by atoms with Crippen LogP contribution >= 0.6 is 0 Å². The number of esters is 3. The van der Waals surface area contributed by atoms with Gasteiger partial charge in [0, 0.05) is 0 Å². The molecule has 5 atom stereocenters. The van der Waals surface area contributed by atoms with Gasteiger partial charge in [-0.15, -0.1) is 0 Å². The van der Waals surface area contributed by atoms with Crippen molar-refractivity contribution in [3.63, 3.8) is 0 Å². The number of ether oxygens (including phenoxy) is 4. The first-order valence-corrected chi connectivity index (χ1v) is 9.80. The summed E-state index contributed by atoms with van der Waals surface area (Å²) in [6.07, 6.45) is -3.15. The van der Waals surface area contributed by atoms with Crippen LogP contribution in [0.2, 0.25) is 0 Å². The predicted octanol–water partition coefficient (Wildman–Crippen LogP) is -6.58. The molecule has 1 heterocycles. The Balaban J connectivity index is 0.00000729. The fraction of sp³-hybridized carbons (Fsp3) is 0.667. The van der Waals surface area contributed by atoms with Crippen molar-refractivity contribution in [3.8, 4) is 0 Å². The summed E-state index contributed by atoms with van der Waals surface area (Å²) in [6.45, 7) is 4.57. The maximum Gasteiger partial charge on any atom is -1.00 e. The molecule has 0 spiro atoms. The summed E-state index contributed by atoms with van der Waals surface area (Å²) in [5, 5.41) is 7.48. The Hall–Kier alpha value is -1.88. The summed E-state index contributed by atoms with van der Waals surface area (Å²) < 4.78 is 21.5. The molecule has 0 saturated carbocycles. The average molecular weight is 489 g/mol. The summed E-state index contributed by atoms with van der Waals surface area (Å²) in [6, 6.07) is -0.869. The van der Waals surface area contributed by atoms with Crippen LogP contribution in [-0.2, 0) is 38.1 Å². The smallest absolute Gasteiger partial charge is 1.00 e. The number of hydrogen-bond acceptors (Lipinski definition) is 8. The summed E-state index contributed by atoms with van der Waals surface area (Å²) >= 11 is -0.624. The molecule has 0 aromatic carbocycles. The van der Waals surface area contributed by atoms with Crippen LogP contribution in [0.5, 0.6) is 0 Å². The van der Waals surface area contributed by atoms with Crippen molar-refractivity contribution in [1.82, 2.24) is 5.32 Å². The van der Waals surface area contributed by atoms with Crippen LogP contribution < -0.4 is 28.9 Å². The van der Waals surface area contributed by atoms with E-state index >= 15 is 0 Å². The van der Waals surface area contributed by atoms with Gasteiger partial charge in [-0.25, -0.2) is 0 Å². The molecular formula is C15H24ClN3O8Se. The van der Waals surface area contributed by atoms with Crippen LogP contribution in [0.1, 0.15) is 27.7 Å². The Kier molecular flexibility index (Phi) is 11.1. The fourth-order valence-corrected chi connectivity index (χ4v) is 4.28.